The number of rotatable bonds is 4. The van der Waals surface area contributed by atoms with Crippen LogP contribution in [0.5, 0.6) is 0 Å². The van der Waals surface area contributed by atoms with Gasteiger partial charge in [-0.15, -0.1) is 0 Å². The second-order valence-electron chi connectivity index (χ2n) is 6.64. The lowest BCUT2D eigenvalue weighted by atomic mass is 10.1. The van der Waals surface area contributed by atoms with Crippen molar-refractivity contribution in [2.75, 3.05) is 12.4 Å². The summed E-state index contributed by atoms with van der Waals surface area (Å²) in [6, 6.07) is 15.1. The number of hydrazone groups is 1. The highest BCUT2D eigenvalue weighted by molar-refractivity contribution is 5.90. The predicted molar refractivity (Wildman–Crippen MR) is 114 cm³/mol. The number of urea groups is 1. The normalized spacial score (nSPS) is 11.1. The number of hydrogen-bond acceptors (Lipinski definition) is 4. The van der Waals surface area contributed by atoms with Crippen molar-refractivity contribution in [3.05, 3.63) is 84.6 Å². The Labute approximate surface area is 168 Å². The Hall–Kier alpha value is -4.00. The third kappa shape index (κ3) is 4.14. The topological polar surface area (TPSA) is 74.9 Å². The lowest BCUT2D eigenvalue weighted by molar-refractivity contribution is 0.224. The summed E-state index contributed by atoms with van der Waals surface area (Å²) in [5.74, 6) is 0. The van der Waals surface area contributed by atoms with E-state index >= 15 is 0 Å². The van der Waals surface area contributed by atoms with Gasteiger partial charge in [0.15, 0.2) is 0 Å². The van der Waals surface area contributed by atoms with Crippen LogP contribution in [0.1, 0.15) is 11.3 Å². The summed E-state index contributed by atoms with van der Waals surface area (Å²) in [5.41, 5.74) is 5.45. The summed E-state index contributed by atoms with van der Waals surface area (Å²) in [5, 5.41) is 8.32. The molecular formula is C22H20N6O. The number of aromatic nitrogens is 3. The van der Waals surface area contributed by atoms with Gasteiger partial charge in [0.25, 0.3) is 0 Å². The first-order valence-corrected chi connectivity index (χ1v) is 9.13. The molecule has 0 aliphatic rings. The molecule has 0 spiro atoms. The molecule has 7 heteroatoms. The van der Waals surface area contributed by atoms with Crippen LogP contribution >= 0.6 is 0 Å². The molecule has 0 fully saturated rings. The highest BCUT2D eigenvalue weighted by Gasteiger charge is 2.08. The first-order chi connectivity index (χ1) is 14.1. The van der Waals surface area contributed by atoms with E-state index in [9.17, 15) is 4.79 Å². The fourth-order valence-corrected chi connectivity index (χ4v) is 2.84. The number of hydrogen-bond donors (Lipinski definition) is 1. The van der Waals surface area contributed by atoms with E-state index in [-0.39, 0.29) is 6.03 Å². The molecule has 0 atom stereocenters. The van der Waals surface area contributed by atoms with Crippen LogP contribution in [-0.2, 0) is 0 Å². The van der Waals surface area contributed by atoms with Crippen molar-refractivity contribution >= 4 is 23.6 Å². The zero-order valence-electron chi connectivity index (χ0n) is 16.1. The van der Waals surface area contributed by atoms with Crippen LogP contribution in [0.4, 0.5) is 10.5 Å². The number of amides is 2. The quantitative estimate of drug-likeness (QED) is 0.423. The second-order valence-corrected chi connectivity index (χ2v) is 6.64. The van der Waals surface area contributed by atoms with Crippen molar-refractivity contribution in [3.63, 3.8) is 0 Å². The Balaban J connectivity index is 1.52. The van der Waals surface area contributed by atoms with E-state index in [1.807, 2.05) is 72.2 Å². The second kappa shape index (κ2) is 7.93. The van der Waals surface area contributed by atoms with Gasteiger partial charge in [-0.05, 0) is 37.3 Å². The molecule has 0 unspecified atom stereocenters. The summed E-state index contributed by atoms with van der Waals surface area (Å²) >= 11 is 0. The summed E-state index contributed by atoms with van der Waals surface area (Å²) in [4.78, 5) is 20.9. The summed E-state index contributed by atoms with van der Waals surface area (Å²) in [7, 11) is 1.60. The number of nitrogens with one attached hydrogen (secondary N) is 1. The van der Waals surface area contributed by atoms with Gasteiger partial charge < -0.3 is 5.32 Å². The molecule has 1 aromatic carbocycles. The third-order valence-electron chi connectivity index (χ3n) is 4.49. The first-order valence-electron chi connectivity index (χ1n) is 9.13. The lowest BCUT2D eigenvalue weighted by Gasteiger charge is -2.12. The monoisotopic (exact) mass is 384 g/mol. The SMILES string of the molecule is Cc1ccc(NC(=O)N(C)/N=C/c2cnc3ccc(-c4cccnc4)cn23)cc1. The van der Waals surface area contributed by atoms with Gasteiger partial charge in [-0.3, -0.25) is 9.38 Å². The maximum absolute atomic E-state index is 12.3. The average molecular weight is 384 g/mol. The Morgan fingerprint density at radius 1 is 1.10 bits per heavy atom. The van der Waals surface area contributed by atoms with Gasteiger partial charge in [-0.25, -0.2) is 14.8 Å². The maximum Gasteiger partial charge on any atom is 0.341 e. The number of aryl methyl sites for hydroxylation is 1. The van der Waals surface area contributed by atoms with Crippen LogP contribution < -0.4 is 5.32 Å². The maximum atomic E-state index is 12.3. The minimum atomic E-state index is -0.324. The molecule has 2 amide bonds. The molecular weight excluding hydrogens is 364 g/mol. The number of benzene rings is 1. The average Bonchev–Trinajstić information content (AvgIpc) is 3.16. The Morgan fingerprint density at radius 3 is 2.69 bits per heavy atom. The lowest BCUT2D eigenvalue weighted by Crippen LogP contribution is -2.27. The zero-order valence-corrected chi connectivity index (χ0v) is 16.1. The number of carbonyl (C=O) groups is 1. The molecule has 7 nitrogen and oxygen atoms in total. The number of pyridine rings is 2. The Morgan fingerprint density at radius 2 is 1.93 bits per heavy atom. The molecule has 0 aliphatic carbocycles. The fourth-order valence-electron chi connectivity index (χ4n) is 2.84. The fraction of sp³-hybridized carbons (Fsp3) is 0.0909. The number of nitrogens with zero attached hydrogens (tertiary/aromatic N) is 5. The molecule has 3 heterocycles. The first kappa shape index (κ1) is 18.4. The molecule has 0 aliphatic heterocycles. The number of carbonyl (C=O) groups excluding carboxylic acids is 1. The minimum absolute atomic E-state index is 0.324. The standard InChI is InChI=1S/C22H20N6O/c1-16-5-8-19(9-6-16)26-22(29)27(2)25-14-20-13-24-21-10-7-18(15-28(20)21)17-4-3-11-23-12-17/h3-15H,1-2H3,(H,26,29)/b25-14+. The summed E-state index contributed by atoms with van der Waals surface area (Å²) < 4.78 is 1.93. The van der Waals surface area contributed by atoms with Crippen molar-refractivity contribution < 1.29 is 4.79 Å². The molecule has 0 saturated carbocycles. The van der Waals surface area contributed by atoms with Crippen LogP contribution in [-0.4, -0.2) is 38.7 Å². The van der Waals surface area contributed by atoms with E-state index in [0.717, 1.165) is 33.7 Å². The molecule has 4 rings (SSSR count). The summed E-state index contributed by atoms with van der Waals surface area (Å²) in [6.07, 6.45) is 8.87. The van der Waals surface area contributed by atoms with Crippen molar-refractivity contribution in [1.29, 1.82) is 0 Å². The molecule has 4 aromatic rings. The van der Waals surface area contributed by atoms with E-state index < -0.39 is 0 Å². The van der Waals surface area contributed by atoms with Gasteiger partial charge in [0.2, 0.25) is 0 Å². The minimum Gasteiger partial charge on any atom is -0.306 e. The van der Waals surface area contributed by atoms with E-state index in [4.69, 9.17) is 0 Å². The molecule has 29 heavy (non-hydrogen) atoms. The van der Waals surface area contributed by atoms with Crippen LogP contribution in [0.2, 0.25) is 0 Å². The zero-order chi connectivity index (χ0) is 20.2. The van der Waals surface area contributed by atoms with Gasteiger partial charge in [-0.1, -0.05) is 23.8 Å². The molecule has 0 bridgehead atoms. The molecule has 144 valence electrons. The van der Waals surface area contributed by atoms with E-state index in [1.165, 1.54) is 5.01 Å². The van der Waals surface area contributed by atoms with Crippen LogP contribution in [0.15, 0.2) is 78.4 Å². The van der Waals surface area contributed by atoms with E-state index in [2.05, 4.69) is 20.4 Å². The van der Waals surface area contributed by atoms with E-state index in [0.29, 0.717) is 0 Å². The van der Waals surface area contributed by atoms with Gasteiger partial charge in [0.05, 0.1) is 18.1 Å². The largest absolute Gasteiger partial charge is 0.341 e. The molecule has 0 saturated heterocycles. The number of imidazole rings is 1. The van der Waals surface area contributed by atoms with Gasteiger partial charge in [0.1, 0.15) is 5.65 Å². The number of anilines is 1. The molecule has 1 N–H and O–H groups in total. The third-order valence-corrected chi connectivity index (χ3v) is 4.49. The highest BCUT2D eigenvalue weighted by Crippen LogP contribution is 2.19. The van der Waals surface area contributed by atoms with E-state index in [1.54, 1.807) is 25.7 Å². The molecule has 0 radical (unpaired) electrons. The smallest absolute Gasteiger partial charge is 0.306 e. The van der Waals surface area contributed by atoms with Crippen LogP contribution in [0.3, 0.4) is 0 Å². The number of fused-ring (bicyclic) bond motifs is 1. The van der Waals surface area contributed by atoms with Crippen molar-refractivity contribution in [2.45, 2.75) is 6.92 Å². The van der Waals surface area contributed by atoms with Crippen molar-refractivity contribution in [3.8, 4) is 11.1 Å². The van der Waals surface area contributed by atoms with Gasteiger partial charge in [0, 0.05) is 42.5 Å². The van der Waals surface area contributed by atoms with Gasteiger partial charge in [-0.2, -0.15) is 5.10 Å². The highest BCUT2D eigenvalue weighted by atomic mass is 16.2. The Bertz CT molecular complexity index is 1170. The molecule has 3 aromatic heterocycles. The Kier molecular flexibility index (Phi) is 5.03. The predicted octanol–water partition coefficient (Wildman–Crippen LogP) is 4.20. The van der Waals surface area contributed by atoms with Gasteiger partial charge >= 0.3 is 6.03 Å². The van der Waals surface area contributed by atoms with Crippen LogP contribution in [0.25, 0.3) is 16.8 Å². The van der Waals surface area contributed by atoms with Crippen molar-refractivity contribution in [1.82, 2.24) is 19.4 Å². The van der Waals surface area contributed by atoms with Crippen molar-refractivity contribution in [2.24, 2.45) is 5.10 Å². The van der Waals surface area contributed by atoms with Crippen LogP contribution in [0, 0.1) is 6.92 Å². The summed E-state index contributed by atoms with van der Waals surface area (Å²) in [6.45, 7) is 2.00.